The molecule has 0 saturated carbocycles. The third kappa shape index (κ3) is 2.68. The van der Waals surface area contributed by atoms with Crippen LogP contribution in [0.1, 0.15) is 26.2 Å². The average Bonchev–Trinajstić information content (AvgIpc) is 2.26. The van der Waals surface area contributed by atoms with E-state index >= 15 is 0 Å². The molecule has 0 aromatic carbocycles. The van der Waals surface area contributed by atoms with Gasteiger partial charge in [0.2, 0.25) is 0 Å². The SMILES string of the molecule is CCC1CC(C#N)(OCCO)CCO1. The topological polar surface area (TPSA) is 62.5 Å². The molecule has 0 aliphatic carbocycles. The maximum atomic E-state index is 9.07. The number of aliphatic hydroxyl groups is 1. The number of rotatable bonds is 4. The van der Waals surface area contributed by atoms with E-state index in [9.17, 15) is 0 Å². The molecular weight excluding hydrogens is 182 g/mol. The first kappa shape index (κ1) is 11.4. The molecule has 4 heteroatoms. The predicted molar refractivity (Wildman–Crippen MR) is 50.6 cm³/mol. The number of ether oxygens (including phenoxy) is 2. The van der Waals surface area contributed by atoms with Crippen LogP contribution in [0.4, 0.5) is 0 Å². The number of nitrogens with zero attached hydrogens (tertiary/aromatic N) is 1. The van der Waals surface area contributed by atoms with E-state index in [2.05, 4.69) is 6.07 Å². The van der Waals surface area contributed by atoms with Crippen LogP contribution in [-0.4, -0.2) is 36.6 Å². The third-order valence-electron chi connectivity index (χ3n) is 2.55. The van der Waals surface area contributed by atoms with Crippen molar-refractivity contribution in [2.75, 3.05) is 19.8 Å². The van der Waals surface area contributed by atoms with Gasteiger partial charge in [-0.3, -0.25) is 0 Å². The summed E-state index contributed by atoms with van der Waals surface area (Å²) in [6.07, 6.45) is 2.22. The van der Waals surface area contributed by atoms with E-state index in [1.165, 1.54) is 0 Å². The van der Waals surface area contributed by atoms with Crippen LogP contribution < -0.4 is 0 Å². The Balaban J connectivity index is 2.55. The van der Waals surface area contributed by atoms with Gasteiger partial charge in [-0.2, -0.15) is 5.26 Å². The fraction of sp³-hybridized carbons (Fsp3) is 0.900. The minimum atomic E-state index is -0.734. The minimum absolute atomic E-state index is 0.0406. The van der Waals surface area contributed by atoms with Gasteiger partial charge in [-0.1, -0.05) is 6.92 Å². The summed E-state index contributed by atoms with van der Waals surface area (Å²) >= 11 is 0. The molecule has 1 saturated heterocycles. The van der Waals surface area contributed by atoms with Crippen molar-refractivity contribution in [1.29, 1.82) is 5.26 Å². The summed E-state index contributed by atoms with van der Waals surface area (Å²) < 4.78 is 10.9. The van der Waals surface area contributed by atoms with E-state index in [4.69, 9.17) is 19.8 Å². The highest BCUT2D eigenvalue weighted by molar-refractivity contribution is 5.04. The van der Waals surface area contributed by atoms with Gasteiger partial charge in [0.15, 0.2) is 5.60 Å². The second kappa shape index (κ2) is 5.30. The van der Waals surface area contributed by atoms with Gasteiger partial charge >= 0.3 is 0 Å². The molecule has 0 spiro atoms. The number of hydrogen-bond donors (Lipinski definition) is 1. The van der Waals surface area contributed by atoms with Crippen molar-refractivity contribution < 1.29 is 14.6 Å². The summed E-state index contributed by atoms with van der Waals surface area (Å²) in [4.78, 5) is 0. The largest absolute Gasteiger partial charge is 0.394 e. The molecule has 1 rings (SSSR count). The second-order valence-electron chi connectivity index (χ2n) is 3.53. The zero-order valence-corrected chi connectivity index (χ0v) is 8.53. The molecule has 1 fully saturated rings. The normalized spacial score (nSPS) is 32.5. The van der Waals surface area contributed by atoms with E-state index in [-0.39, 0.29) is 19.3 Å². The van der Waals surface area contributed by atoms with E-state index < -0.39 is 5.60 Å². The van der Waals surface area contributed by atoms with Crippen LogP contribution in [-0.2, 0) is 9.47 Å². The first-order valence-corrected chi connectivity index (χ1v) is 5.04. The molecule has 0 aromatic rings. The first-order chi connectivity index (χ1) is 6.76. The number of nitriles is 1. The molecule has 14 heavy (non-hydrogen) atoms. The molecule has 2 unspecified atom stereocenters. The highest BCUT2D eigenvalue weighted by Gasteiger charge is 2.37. The molecule has 1 N–H and O–H groups in total. The molecule has 1 heterocycles. The van der Waals surface area contributed by atoms with Gasteiger partial charge in [0.05, 0.1) is 32.0 Å². The summed E-state index contributed by atoms with van der Waals surface area (Å²) in [6, 6.07) is 2.20. The van der Waals surface area contributed by atoms with E-state index in [0.29, 0.717) is 19.4 Å². The maximum Gasteiger partial charge on any atom is 0.159 e. The van der Waals surface area contributed by atoms with Crippen molar-refractivity contribution in [3.8, 4) is 6.07 Å². The van der Waals surface area contributed by atoms with Crippen LogP contribution in [0.3, 0.4) is 0 Å². The van der Waals surface area contributed by atoms with Crippen LogP contribution in [0.15, 0.2) is 0 Å². The smallest absolute Gasteiger partial charge is 0.159 e. The lowest BCUT2D eigenvalue weighted by atomic mass is 9.90. The Labute approximate surface area is 84.4 Å². The van der Waals surface area contributed by atoms with Gasteiger partial charge in [-0.05, 0) is 6.42 Å². The van der Waals surface area contributed by atoms with Gasteiger partial charge in [-0.25, -0.2) is 0 Å². The quantitative estimate of drug-likeness (QED) is 0.729. The van der Waals surface area contributed by atoms with Crippen molar-refractivity contribution in [2.24, 2.45) is 0 Å². The molecular formula is C10H17NO3. The van der Waals surface area contributed by atoms with Crippen molar-refractivity contribution in [2.45, 2.75) is 37.9 Å². The van der Waals surface area contributed by atoms with E-state index in [1.807, 2.05) is 6.92 Å². The van der Waals surface area contributed by atoms with Crippen LogP contribution in [0.5, 0.6) is 0 Å². The van der Waals surface area contributed by atoms with Gasteiger partial charge in [0.25, 0.3) is 0 Å². The minimum Gasteiger partial charge on any atom is -0.394 e. The Bertz CT molecular complexity index is 214. The van der Waals surface area contributed by atoms with Crippen molar-refractivity contribution in [1.82, 2.24) is 0 Å². The van der Waals surface area contributed by atoms with Gasteiger partial charge in [-0.15, -0.1) is 0 Å². The zero-order valence-electron chi connectivity index (χ0n) is 8.53. The fourth-order valence-corrected chi connectivity index (χ4v) is 1.69. The molecule has 0 radical (unpaired) electrons. The Hall–Kier alpha value is -0.630. The lowest BCUT2D eigenvalue weighted by Gasteiger charge is -2.35. The summed E-state index contributed by atoms with van der Waals surface area (Å²) in [5.41, 5.74) is -0.734. The summed E-state index contributed by atoms with van der Waals surface area (Å²) in [6.45, 7) is 2.78. The first-order valence-electron chi connectivity index (χ1n) is 5.04. The third-order valence-corrected chi connectivity index (χ3v) is 2.55. The van der Waals surface area contributed by atoms with Crippen LogP contribution in [0.2, 0.25) is 0 Å². The maximum absolute atomic E-state index is 9.07. The van der Waals surface area contributed by atoms with Gasteiger partial charge in [0, 0.05) is 12.8 Å². The van der Waals surface area contributed by atoms with E-state index in [0.717, 1.165) is 6.42 Å². The van der Waals surface area contributed by atoms with Gasteiger partial charge < -0.3 is 14.6 Å². The van der Waals surface area contributed by atoms with Crippen molar-refractivity contribution >= 4 is 0 Å². The van der Waals surface area contributed by atoms with E-state index in [1.54, 1.807) is 0 Å². The molecule has 0 bridgehead atoms. The Morgan fingerprint density at radius 2 is 2.50 bits per heavy atom. The van der Waals surface area contributed by atoms with Crippen molar-refractivity contribution in [3.63, 3.8) is 0 Å². The van der Waals surface area contributed by atoms with Crippen LogP contribution in [0.25, 0.3) is 0 Å². The number of aliphatic hydroxyl groups excluding tert-OH is 1. The predicted octanol–water partition coefficient (Wildman–Crippen LogP) is 0.847. The molecule has 80 valence electrons. The number of hydrogen-bond acceptors (Lipinski definition) is 4. The summed E-state index contributed by atoms with van der Waals surface area (Å²) in [5, 5.41) is 17.7. The van der Waals surface area contributed by atoms with Crippen molar-refractivity contribution in [3.05, 3.63) is 0 Å². The molecule has 0 aromatic heterocycles. The molecule has 0 amide bonds. The Kier molecular flexibility index (Phi) is 4.33. The monoisotopic (exact) mass is 199 g/mol. The van der Waals surface area contributed by atoms with Crippen LogP contribution in [0, 0.1) is 11.3 Å². The summed E-state index contributed by atoms with van der Waals surface area (Å²) in [7, 11) is 0. The molecule has 1 aliphatic heterocycles. The Morgan fingerprint density at radius 1 is 1.71 bits per heavy atom. The van der Waals surface area contributed by atoms with Crippen LogP contribution >= 0.6 is 0 Å². The highest BCUT2D eigenvalue weighted by Crippen LogP contribution is 2.29. The standard InChI is InChI=1S/C10H17NO3/c1-2-9-7-10(8-11,3-5-13-9)14-6-4-12/h9,12H,2-7H2,1H3. The molecule has 2 atom stereocenters. The highest BCUT2D eigenvalue weighted by atomic mass is 16.5. The summed E-state index contributed by atoms with van der Waals surface area (Å²) in [5.74, 6) is 0. The zero-order chi connectivity index (χ0) is 10.4. The fourth-order valence-electron chi connectivity index (χ4n) is 1.69. The van der Waals surface area contributed by atoms with Gasteiger partial charge in [0.1, 0.15) is 0 Å². The molecule has 1 aliphatic rings. The second-order valence-corrected chi connectivity index (χ2v) is 3.53. The average molecular weight is 199 g/mol. The lowest BCUT2D eigenvalue weighted by Crippen LogP contribution is -2.42. The Morgan fingerprint density at radius 3 is 3.07 bits per heavy atom. The lowest BCUT2D eigenvalue weighted by molar-refractivity contribution is -0.114. The molecule has 4 nitrogen and oxygen atoms in total.